The minimum atomic E-state index is -0.147. The van der Waals surface area contributed by atoms with Crippen LogP contribution in [-0.2, 0) is 13.0 Å². The van der Waals surface area contributed by atoms with Crippen LogP contribution < -0.4 is 14.8 Å². The predicted octanol–water partition coefficient (Wildman–Crippen LogP) is 3.85. The second-order valence-corrected chi connectivity index (χ2v) is 6.76. The Morgan fingerprint density at radius 1 is 1.13 bits per heavy atom. The number of terminal acetylenes is 1. The van der Waals surface area contributed by atoms with Gasteiger partial charge in [-0.1, -0.05) is 29.3 Å². The molecule has 2 aromatic carbocycles. The number of amides is 1. The summed E-state index contributed by atoms with van der Waals surface area (Å²) in [5.74, 6) is 4.36. The first-order valence-corrected chi connectivity index (χ1v) is 9.65. The zero-order valence-corrected chi connectivity index (χ0v) is 17.1. The molecule has 0 fully saturated rings. The molecule has 0 spiro atoms. The molecule has 6 heteroatoms. The first kappa shape index (κ1) is 21.0. The van der Waals surface area contributed by atoms with Gasteiger partial charge in [0.05, 0.1) is 11.3 Å². The summed E-state index contributed by atoms with van der Waals surface area (Å²) in [6.45, 7) is 4.83. The molecule has 0 unspecified atom stereocenters. The van der Waals surface area contributed by atoms with E-state index in [0.717, 1.165) is 28.3 Å². The monoisotopic (exact) mass is 404 g/mol. The van der Waals surface area contributed by atoms with Crippen LogP contribution in [-0.4, -0.2) is 24.2 Å². The maximum Gasteiger partial charge on any atom is 0.251 e. The molecule has 30 heavy (non-hydrogen) atoms. The molecule has 1 heterocycles. The molecule has 3 aromatic rings. The second kappa shape index (κ2) is 10.2. The Morgan fingerprint density at radius 2 is 1.93 bits per heavy atom. The molecule has 0 bridgehead atoms. The number of hydrogen-bond acceptors (Lipinski definition) is 5. The lowest BCUT2D eigenvalue weighted by Crippen LogP contribution is -2.25. The van der Waals surface area contributed by atoms with Crippen LogP contribution >= 0.6 is 0 Å². The van der Waals surface area contributed by atoms with Crippen molar-refractivity contribution in [3.63, 3.8) is 0 Å². The first-order valence-electron chi connectivity index (χ1n) is 9.65. The lowest BCUT2D eigenvalue weighted by molar-refractivity contribution is 0.0953. The van der Waals surface area contributed by atoms with Crippen LogP contribution in [0.4, 0.5) is 0 Å². The van der Waals surface area contributed by atoms with Crippen molar-refractivity contribution < 1.29 is 18.8 Å². The van der Waals surface area contributed by atoms with Crippen LogP contribution in [0.3, 0.4) is 0 Å². The smallest absolute Gasteiger partial charge is 0.251 e. The van der Waals surface area contributed by atoms with Gasteiger partial charge in [0, 0.05) is 12.1 Å². The number of aromatic nitrogens is 1. The zero-order chi connectivity index (χ0) is 21.3. The summed E-state index contributed by atoms with van der Waals surface area (Å²) in [6, 6.07) is 14.8. The van der Waals surface area contributed by atoms with Crippen LogP contribution in [0.15, 0.2) is 53.1 Å². The summed E-state index contributed by atoms with van der Waals surface area (Å²) >= 11 is 0. The van der Waals surface area contributed by atoms with Gasteiger partial charge in [-0.15, -0.1) is 6.42 Å². The summed E-state index contributed by atoms with van der Waals surface area (Å²) in [5.41, 5.74) is 3.36. The highest BCUT2D eigenvalue weighted by molar-refractivity contribution is 5.94. The SMILES string of the molecule is C#CCOc1ccc(CCNC(=O)c2cccc(OCc3c(C)noc3C)c2)cc1. The Labute approximate surface area is 176 Å². The highest BCUT2D eigenvalue weighted by Crippen LogP contribution is 2.18. The van der Waals surface area contributed by atoms with Crippen molar-refractivity contribution in [2.24, 2.45) is 0 Å². The Hall–Kier alpha value is -3.72. The average molecular weight is 404 g/mol. The van der Waals surface area contributed by atoms with Gasteiger partial charge in [-0.3, -0.25) is 4.79 Å². The fraction of sp³-hybridized carbons (Fsp3) is 0.250. The lowest BCUT2D eigenvalue weighted by atomic mass is 10.1. The molecule has 0 radical (unpaired) electrons. The summed E-state index contributed by atoms with van der Waals surface area (Å²) < 4.78 is 16.3. The summed E-state index contributed by atoms with van der Waals surface area (Å²) in [5, 5.41) is 6.85. The van der Waals surface area contributed by atoms with Gasteiger partial charge in [0.1, 0.15) is 30.5 Å². The van der Waals surface area contributed by atoms with E-state index in [0.29, 0.717) is 30.9 Å². The summed E-state index contributed by atoms with van der Waals surface area (Å²) in [4.78, 5) is 12.5. The van der Waals surface area contributed by atoms with Gasteiger partial charge in [-0.05, 0) is 56.2 Å². The van der Waals surface area contributed by atoms with Crippen molar-refractivity contribution in [1.82, 2.24) is 10.5 Å². The van der Waals surface area contributed by atoms with Gasteiger partial charge in [0.2, 0.25) is 0 Å². The van der Waals surface area contributed by atoms with E-state index in [4.69, 9.17) is 20.4 Å². The quantitative estimate of drug-likeness (QED) is 0.549. The van der Waals surface area contributed by atoms with Crippen molar-refractivity contribution in [2.45, 2.75) is 26.9 Å². The third-order valence-electron chi connectivity index (χ3n) is 4.61. The van der Waals surface area contributed by atoms with Crippen LogP contribution in [0, 0.1) is 26.2 Å². The molecule has 1 N–H and O–H groups in total. The number of carbonyl (C=O) groups is 1. The van der Waals surface area contributed by atoms with Gasteiger partial charge < -0.3 is 19.3 Å². The molecule has 3 rings (SSSR count). The van der Waals surface area contributed by atoms with Crippen molar-refractivity contribution >= 4 is 5.91 Å². The number of hydrogen-bond donors (Lipinski definition) is 1. The van der Waals surface area contributed by atoms with Crippen LogP contribution in [0.2, 0.25) is 0 Å². The lowest BCUT2D eigenvalue weighted by Gasteiger charge is -2.09. The van der Waals surface area contributed by atoms with Gasteiger partial charge in [-0.25, -0.2) is 0 Å². The fourth-order valence-corrected chi connectivity index (χ4v) is 2.89. The second-order valence-electron chi connectivity index (χ2n) is 6.76. The molecule has 0 saturated heterocycles. The molecule has 0 saturated carbocycles. The summed E-state index contributed by atoms with van der Waals surface area (Å²) in [6.07, 6.45) is 5.89. The number of nitrogens with zero attached hydrogens (tertiary/aromatic N) is 1. The standard InChI is InChI=1S/C24H24N2O4/c1-4-14-28-21-10-8-19(9-11-21)12-13-25-24(27)20-6-5-7-22(15-20)29-16-23-17(2)26-30-18(23)3/h1,5-11,15H,12-14,16H2,2-3H3,(H,25,27). The van der Waals surface area contributed by atoms with E-state index in [1.54, 1.807) is 18.2 Å². The molecule has 0 aliphatic rings. The molecule has 0 aliphatic heterocycles. The molecule has 6 nitrogen and oxygen atoms in total. The molecule has 154 valence electrons. The third kappa shape index (κ3) is 5.65. The van der Waals surface area contributed by atoms with E-state index in [1.807, 2.05) is 44.2 Å². The number of nitrogens with one attached hydrogen (secondary N) is 1. The predicted molar refractivity (Wildman–Crippen MR) is 114 cm³/mol. The normalized spacial score (nSPS) is 10.3. The van der Waals surface area contributed by atoms with E-state index in [-0.39, 0.29) is 12.5 Å². The number of carbonyl (C=O) groups excluding carboxylic acids is 1. The van der Waals surface area contributed by atoms with Gasteiger partial charge in [0.15, 0.2) is 0 Å². The molecule has 0 atom stereocenters. The van der Waals surface area contributed by atoms with Crippen molar-refractivity contribution in [2.75, 3.05) is 13.2 Å². The highest BCUT2D eigenvalue weighted by atomic mass is 16.5. The van der Waals surface area contributed by atoms with Crippen LogP contribution in [0.5, 0.6) is 11.5 Å². The number of benzene rings is 2. The molecular formula is C24H24N2O4. The minimum Gasteiger partial charge on any atom is -0.489 e. The van der Waals surface area contributed by atoms with E-state index < -0.39 is 0 Å². The van der Waals surface area contributed by atoms with Crippen LogP contribution in [0.1, 0.15) is 32.9 Å². The van der Waals surface area contributed by atoms with E-state index >= 15 is 0 Å². The first-order chi connectivity index (χ1) is 14.6. The maximum atomic E-state index is 12.5. The van der Waals surface area contributed by atoms with Crippen molar-refractivity contribution in [3.05, 3.63) is 76.7 Å². The fourth-order valence-electron chi connectivity index (χ4n) is 2.89. The minimum absolute atomic E-state index is 0.147. The Kier molecular flexibility index (Phi) is 7.12. The van der Waals surface area contributed by atoms with Crippen molar-refractivity contribution in [1.29, 1.82) is 0 Å². The average Bonchev–Trinajstić information content (AvgIpc) is 3.09. The Morgan fingerprint density at radius 3 is 2.63 bits per heavy atom. The Bertz CT molecular complexity index is 1010. The van der Waals surface area contributed by atoms with E-state index in [2.05, 4.69) is 16.4 Å². The topological polar surface area (TPSA) is 73.6 Å². The third-order valence-corrected chi connectivity index (χ3v) is 4.61. The number of rotatable bonds is 9. The van der Waals surface area contributed by atoms with Crippen molar-refractivity contribution in [3.8, 4) is 23.8 Å². The molecule has 1 aromatic heterocycles. The van der Waals surface area contributed by atoms with Gasteiger partial charge in [-0.2, -0.15) is 0 Å². The molecular weight excluding hydrogens is 380 g/mol. The van der Waals surface area contributed by atoms with E-state index in [1.165, 1.54) is 0 Å². The molecule has 0 aliphatic carbocycles. The van der Waals surface area contributed by atoms with Gasteiger partial charge in [0.25, 0.3) is 5.91 Å². The Balaban J connectivity index is 1.49. The maximum absolute atomic E-state index is 12.5. The van der Waals surface area contributed by atoms with E-state index in [9.17, 15) is 4.79 Å². The highest BCUT2D eigenvalue weighted by Gasteiger charge is 2.11. The van der Waals surface area contributed by atoms with Crippen LogP contribution in [0.25, 0.3) is 0 Å². The largest absolute Gasteiger partial charge is 0.489 e. The summed E-state index contributed by atoms with van der Waals surface area (Å²) in [7, 11) is 0. The number of ether oxygens (including phenoxy) is 2. The molecule has 1 amide bonds. The van der Waals surface area contributed by atoms with Gasteiger partial charge >= 0.3 is 0 Å². The zero-order valence-electron chi connectivity index (χ0n) is 17.1. The number of aryl methyl sites for hydroxylation is 2.